The van der Waals surface area contributed by atoms with Gasteiger partial charge in [0.25, 0.3) is 0 Å². The van der Waals surface area contributed by atoms with E-state index >= 15 is 0 Å². The lowest BCUT2D eigenvalue weighted by Gasteiger charge is -2.19. The minimum atomic E-state index is -0.762. The molecule has 1 aromatic carbocycles. The summed E-state index contributed by atoms with van der Waals surface area (Å²) in [7, 11) is 0. The highest BCUT2D eigenvalue weighted by molar-refractivity contribution is 9.10. The van der Waals surface area contributed by atoms with Gasteiger partial charge in [0.05, 0.1) is 0 Å². The lowest BCUT2D eigenvalue weighted by Crippen LogP contribution is -2.34. The highest BCUT2D eigenvalue weighted by Gasteiger charge is 2.26. The SMILES string of the molecule is C[C@H](C(=O)O)N1Cc2ccc(Br)cc2C1. The van der Waals surface area contributed by atoms with Crippen LogP contribution in [0.3, 0.4) is 0 Å². The normalized spacial score (nSPS) is 17.5. The van der Waals surface area contributed by atoms with Gasteiger partial charge in [-0.3, -0.25) is 9.69 Å². The van der Waals surface area contributed by atoms with Crippen molar-refractivity contribution in [3.8, 4) is 0 Å². The molecule has 0 amide bonds. The van der Waals surface area contributed by atoms with Crippen LogP contribution in [-0.2, 0) is 17.9 Å². The third-order valence-corrected chi connectivity index (χ3v) is 3.31. The van der Waals surface area contributed by atoms with Gasteiger partial charge in [0.1, 0.15) is 6.04 Å². The van der Waals surface area contributed by atoms with Crippen molar-refractivity contribution in [2.45, 2.75) is 26.1 Å². The van der Waals surface area contributed by atoms with Crippen LogP contribution in [0.25, 0.3) is 0 Å². The van der Waals surface area contributed by atoms with Gasteiger partial charge in [-0.2, -0.15) is 0 Å². The van der Waals surface area contributed by atoms with Gasteiger partial charge in [-0.05, 0) is 30.2 Å². The lowest BCUT2D eigenvalue weighted by atomic mass is 10.1. The van der Waals surface area contributed by atoms with E-state index in [9.17, 15) is 4.79 Å². The van der Waals surface area contributed by atoms with Crippen LogP contribution in [0.2, 0.25) is 0 Å². The average molecular weight is 270 g/mol. The number of aliphatic carboxylic acids is 1. The number of carbonyl (C=O) groups is 1. The molecule has 0 unspecified atom stereocenters. The van der Waals surface area contributed by atoms with Crippen molar-refractivity contribution in [3.63, 3.8) is 0 Å². The molecule has 0 radical (unpaired) electrons. The van der Waals surface area contributed by atoms with Crippen LogP contribution < -0.4 is 0 Å². The molecule has 0 fully saturated rings. The molecule has 0 aromatic heterocycles. The summed E-state index contributed by atoms with van der Waals surface area (Å²) < 4.78 is 1.05. The minimum absolute atomic E-state index is 0.420. The smallest absolute Gasteiger partial charge is 0.320 e. The van der Waals surface area contributed by atoms with Gasteiger partial charge < -0.3 is 5.11 Å². The maximum absolute atomic E-state index is 10.9. The van der Waals surface area contributed by atoms with E-state index in [4.69, 9.17) is 5.11 Å². The Bertz CT molecular complexity index is 406. The molecule has 2 rings (SSSR count). The van der Waals surface area contributed by atoms with Crippen molar-refractivity contribution >= 4 is 21.9 Å². The zero-order valence-corrected chi connectivity index (χ0v) is 9.99. The summed E-state index contributed by atoms with van der Waals surface area (Å²) in [6, 6.07) is 5.68. The van der Waals surface area contributed by atoms with E-state index in [2.05, 4.69) is 22.0 Å². The Balaban J connectivity index is 2.19. The topological polar surface area (TPSA) is 40.5 Å². The molecule has 1 aliphatic heterocycles. The molecule has 0 saturated heterocycles. The first-order chi connectivity index (χ1) is 7.08. The van der Waals surface area contributed by atoms with E-state index in [0.29, 0.717) is 0 Å². The second-order valence-corrected chi connectivity index (χ2v) is 4.75. The van der Waals surface area contributed by atoms with E-state index < -0.39 is 12.0 Å². The fourth-order valence-electron chi connectivity index (χ4n) is 1.82. The molecule has 80 valence electrons. The molecule has 1 heterocycles. The quantitative estimate of drug-likeness (QED) is 0.895. The second-order valence-electron chi connectivity index (χ2n) is 3.83. The Morgan fingerprint density at radius 1 is 1.47 bits per heavy atom. The van der Waals surface area contributed by atoms with Crippen LogP contribution >= 0.6 is 15.9 Å². The van der Waals surface area contributed by atoms with Crippen LogP contribution in [0.4, 0.5) is 0 Å². The number of fused-ring (bicyclic) bond motifs is 1. The van der Waals surface area contributed by atoms with Gasteiger partial charge in [-0.25, -0.2) is 0 Å². The molecule has 15 heavy (non-hydrogen) atoms. The molecule has 1 aromatic rings. The standard InChI is InChI=1S/C11H12BrNO2/c1-7(11(14)15)13-5-8-2-3-10(12)4-9(8)6-13/h2-4,7H,5-6H2,1H3,(H,14,15)/t7-/m1/s1. The highest BCUT2D eigenvalue weighted by Crippen LogP contribution is 2.27. The van der Waals surface area contributed by atoms with Gasteiger partial charge >= 0.3 is 5.97 Å². The van der Waals surface area contributed by atoms with Gasteiger partial charge in [0.2, 0.25) is 0 Å². The molecule has 1 aliphatic rings. The van der Waals surface area contributed by atoms with E-state index in [1.807, 2.05) is 17.0 Å². The number of carboxylic acids is 1. The van der Waals surface area contributed by atoms with Crippen molar-refractivity contribution in [1.82, 2.24) is 4.90 Å². The predicted molar refractivity (Wildman–Crippen MR) is 60.5 cm³/mol. The van der Waals surface area contributed by atoms with Gasteiger partial charge in [-0.15, -0.1) is 0 Å². The average Bonchev–Trinajstić information content (AvgIpc) is 2.58. The number of halogens is 1. The van der Waals surface area contributed by atoms with Crippen LogP contribution in [0.1, 0.15) is 18.1 Å². The third kappa shape index (κ3) is 2.06. The fourth-order valence-corrected chi connectivity index (χ4v) is 2.23. The molecule has 0 saturated carbocycles. The number of nitrogens with zero attached hydrogens (tertiary/aromatic N) is 1. The van der Waals surface area contributed by atoms with E-state index in [1.54, 1.807) is 6.92 Å². The number of hydrogen-bond acceptors (Lipinski definition) is 2. The Kier molecular flexibility index (Phi) is 2.80. The predicted octanol–water partition coefficient (Wildman–Crippen LogP) is 2.24. The Hall–Kier alpha value is -0.870. The monoisotopic (exact) mass is 269 g/mol. The zero-order chi connectivity index (χ0) is 11.0. The zero-order valence-electron chi connectivity index (χ0n) is 8.40. The summed E-state index contributed by atoms with van der Waals surface area (Å²) >= 11 is 3.42. The fraction of sp³-hybridized carbons (Fsp3) is 0.364. The number of benzene rings is 1. The first-order valence-corrected chi connectivity index (χ1v) is 5.61. The molecule has 1 N–H and O–H groups in total. The number of rotatable bonds is 2. The molecule has 0 spiro atoms. The van der Waals surface area contributed by atoms with Crippen LogP contribution in [0, 0.1) is 0 Å². The Labute approximate surface area is 96.8 Å². The summed E-state index contributed by atoms with van der Waals surface area (Å²) in [5.41, 5.74) is 2.45. The molecule has 3 nitrogen and oxygen atoms in total. The van der Waals surface area contributed by atoms with Gasteiger partial charge in [0, 0.05) is 17.6 Å². The Morgan fingerprint density at radius 3 is 2.80 bits per heavy atom. The van der Waals surface area contributed by atoms with E-state index in [-0.39, 0.29) is 0 Å². The maximum atomic E-state index is 10.9. The number of carboxylic acid groups (broad SMARTS) is 1. The molecule has 1 atom stereocenters. The maximum Gasteiger partial charge on any atom is 0.320 e. The first-order valence-electron chi connectivity index (χ1n) is 4.82. The highest BCUT2D eigenvalue weighted by atomic mass is 79.9. The minimum Gasteiger partial charge on any atom is -0.480 e. The van der Waals surface area contributed by atoms with Crippen molar-refractivity contribution in [2.75, 3.05) is 0 Å². The summed E-state index contributed by atoms with van der Waals surface area (Å²) in [5.74, 6) is -0.762. The van der Waals surface area contributed by atoms with Crippen LogP contribution in [0.5, 0.6) is 0 Å². The second kappa shape index (κ2) is 3.94. The lowest BCUT2D eigenvalue weighted by molar-refractivity contribution is -0.142. The molecule has 4 heteroatoms. The van der Waals surface area contributed by atoms with Crippen LogP contribution in [-0.4, -0.2) is 22.0 Å². The Morgan fingerprint density at radius 2 is 2.13 bits per heavy atom. The molecule has 0 aliphatic carbocycles. The molecule has 0 bridgehead atoms. The summed E-state index contributed by atoms with van der Waals surface area (Å²) in [6.45, 7) is 3.18. The van der Waals surface area contributed by atoms with Gasteiger partial charge in [-0.1, -0.05) is 22.0 Å². The largest absolute Gasteiger partial charge is 0.480 e. The third-order valence-electron chi connectivity index (χ3n) is 2.82. The summed E-state index contributed by atoms with van der Waals surface area (Å²) in [5, 5.41) is 8.93. The van der Waals surface area contributed by atoms with Crippen LogP contribution in [0.15, 0.2) is 22.7 Å². The summed E-state index contributed by atoms with van der Waals surface area (Å²) in [4.78, 5) is 12.8. The number of hydrogen-bond donors (Lipinski definition) is 1. The summed E-state index contributed by atoms with van der Waals surface area (Å²) in [6.07, 6.45) is 0. The van der Waals surface area contributed by atoms with E-state index in [1.165, 1.54) is 11.1 Å². The van der Waals surface area contributed by atoms with Gasteiger partial charge in [0.15, 0.2) is 0 Å². The first kappa shape index (κ1) is 10.6. The molecular formula is C11H12BrNO2. The van der Waals surface area contributed by atoms with E-state index in [0.717, 1.165) is 17.6 Å². The van der Waals surface area contributed by atoms with Crippen molar-refractivity contribution in [3.05, 3.63) is 33.8 Å². The van der Waals surface area contributed by atoms with Crippen molar-refractivity contribution in [2.24, 2.45) is 0 Å². The van der Waals surface area contributed by atoms with Crippen molar-refractivity contribution < 1.29 is 9.90 Å². The van der Waals surface area contributed by atoms with Crippen molar-refractivity contribution in [1.29, 1.82) is 0 Å². The molecular weight excluding hydrogens is 258 g/mol.